The number of rotatable bonds is 5. The summed E-state index contributed by atoms with van der Waals surface area (Å²) in [7, 11) is -1.25. The van der Waals surface area contributed by atoms with E-state index in [0.717, 1.165) is 29.7 Å². The molecule has 1 aliphatic heterocycles. The first-order valence-electron chi connectivity index (χ1n) is 7.88. The van der Waals surface area contributed by atoms with Gasteiger partial charge in [0.2, 0.25) is 10.0 Å². The highest BCUT2D eigenvalue weighted by molar-refractivity contribution is 7.89. The van der Waals surface area contributed by atoms with Crippen LogP contribution in [0.4, 0.5) is 5.82 Å². The minimum Gasteiger partial charge on any atom is -0.367 e. The third kappa shape index (κ3) is 3.30. The maximum atomic E-state index is 12.1. The Kier molecular flexibility index (Phi) is 4.49. The number of hydrogen-bond donors (Lipinski definition) is 1. The lowest BCUT2D eigenvalue weighted by Gasteiger charge is -2.31. The summed E-state index contributed by atoms with van der Waals surface area (Å²) in [5.41, 5.74) is 0.783. The highest BCUT2D eigenvalue weighted by atomic mass is 32.2. The van der Waals surface area contributed by atoms with Gasteiger partial charge < -0.3 is 5.32 Å². The van der Waals surface area contributed by atoms with Gasteiger partial charge in [-0.05, 0) is 19.3 Å². The summed E-state index contributed by atoms with van der Waals surface area (Å²) in [6, 6.07) is 0.210. The van der Waals surface area contributed by atoms with E-state index in [9.17, 15) is 8.42 Å². The Balaban J connectivity index is 1.67. The first-order chi connectivity index (χ1) is 11.0. The lowest BCUT2D eigenvalue weighted by atomic mass is 10.1. The van der Waals surface area contributed by atoms with Crippen molar-refractivity contribution >= 4 is 26.9 Å². The Labute approximate surface area is 136 Å². The van der Waals surface area contributed by atoms with Gasteiger partial charge in [0.25, 0.3) is 0 Å². The van der Waals surface area contributed by atoms with E-state index in [1.165, 1.54) is 6.33 Å². The Morgan fingerprint density at radius 1 is 1.30 bits per heavy atom. The second-order valence-corrected chi connectivity index (χ2v) is 7.95. The topological polar surface area (TPSA) is 93.0 Å². The first-order valence-corrected chi connectivity index (χ1v) is 9.49. The van der Waals surface area contributed by atoms with Gasteiger partial charge in [-0.3, -0.25) is 4.68 Å². The van der Waals surface area contributed by atoms with Gasteiger partial charge in [-0.15, -0.1) is 0 Å². The third-order valence-electron chi connectivity index (χ3n) is 4.18. The van der Waals surface area contributed by atoms with Crippen LogP contribution < -0.4 is 5.32 Å². The number of aryl methyl sites for hydroxylation is 1. The van der Waals surface area contributed by atoms with Crippen LogP contribution in [0.25, 0.3) is 11.0 Å². The van der Waals surface area contributed by atoms with Crippen LogP contribution >= 0.6 is 0 Å². The Morgan fingerprint density at radius 3 is 2.74 bits per heavy atom. The summed E-state index contributed by atoms with van der Waals surface area (Å²) in [6.07, 6.45) is 5.47. The molecule has 23 heavy (non-hydrogen) atoms. The summed E-state index contributed by atoms with van der Waals surface area (Å²) < 4.78 is 27.5. The molecule has 0 aromatic carbocycles. The van der Waals surface area contributed by atoms with Gasteiger partial charge >= 0.3 is 0 Å². The molecule has 0 unspecified atom stereocenters. The zero-order valence-electron chi connectivity index (χ0n) is 13.4. The van der Waals surface area contributed by atoms with Crippen LogP contribution in [-0.2, 0) is 17.1 Å². The highest BCUT2D eigenvalue weighted by Gasteiger charge is 2.27. The molecule has 1 N–H and O–H groups in total. The molecular weight excluding hydrogens is 316 g/mol. The minimum atomic E-state index is -3.09. The number of piperidine rings is 1. The van der Waals surface area contributed by atoms with Gasteiger partial charge in [-0.25, -0.2) is 22.7 Å². The molecule has 0 atom stereocenters. The lowest BCUT2D eigenvalue weighted by Crippen LogP contribution is -2.43. The molecule has 0 amide bonds. The van der Waals surface area contributed by atoms with E-state index >= 15 is 0 Å². The van der Waals surface area contributed by atoms with Gasteiger partial charge in [0, 0.05) is 26.2 Å². The van der Waals surface area contributed by atoms with E-state index in [2.05, 4.69) is 20.4 Å². The number of aromatic nitrogens is 4. The molecule has 0 bridgehead atoms. The van der Waals surface area contributed by atoms with Crippen molar-refractivity contribution in [2.24, 2.45) is 7.05 Å². The molecule has 1 aliphatic rings. The molecule has 2 aromatic heterocycles. The fraction of sp³-hybridized carbons (Fsp3) is 0.643. The van der Waals surface area contributed by atoms with Crippen molar-refractivity contribution in [3.8, 4) is 0 Å². The molecule has 8 nitrogen and oxygen atoms in total. The molecule has 3 heterocycles. The SMILES string of the molecule is CCCS(=O)(=O)N1CCC(Nc2ncnc3c2cnn3C)CC1. The molecule has 0 aliphatic carbocycles. The Hall–Kier alpha value is -1.74. The van der Waals surface area contributed by atoms with Crippen LogP contribution in [0.5, 0.6) is 0 Å². The molecule has 9 heteroatoms. The maximum Gasteiger partial charge on any atom is 0.214 e. The van der Waals surface area contributed by atoms with Crippen molar-refractivity contribution in [2.75, 3.05) is 24.2 Å². The van der Waals surface area contributed by atoms with E-state index < -0.39 is 10.0 Å². The first kappa shape index (κ1) is 16.1. The summed E-state index contributed by atoms with van der Waals surface area (Å²) in [5, 5.41) is 8.50. The minimum absolute atomic E-state index is 0.210. The predicted molar refractivity (Wildman–Crippen MR) is 88.6 cm³/mol. The lowest BCUT2D eigenvalue weighted by molar-refractivity contribution is 0.329. The summed E-state index contributed by atoms with van der Waals surface area (Å²) in [4.78, 5) is 8.53. The van der Waals surface area contributed by atoms with Gasteiger partial charge in [0.05, 0.1) is 17.3 Å². The molecule has 0 spiro atoms. The molecule has 1 saturated heterocycles. The molecular formula is C14H22N6O2S. The normalized spacial score (nSPS) is 17.7. The van der Waals surface area contributed by atoms with Gasteiger partial charge in [-0.1, -0.05) is 6.92 Å². The van der Waals surface area contributed by atoms with E-state index in [1.807, 2.05) is 14.0 Å². The number of sulfonamides is 1. The van der Waals surface area contributed by atoms with Crippen molar-refractivity contribution in [1.29, 1.82) is 0 Å². The van der Waals surface area contributed by atoms with Crippen LogP contribution in [0.2, 0.25) is 0 Å². The third-order valence-corrected chi connectivity index (χ3v) is 6.26. The number of hydrogen-bond acceptors (Lipinski definition) is 6. The molecule has 2 aromatic rings. The van der Waals surface area contributed by atoms with Crippen molar-refractivity contribution in [3.05, 3.63) is 12.5 Å². The molecule has 126 valence electrons. The number of nitrogens with zero attached hydrogens (tertiary/aromatic N) is 5. The molecule has 0 saturated carbocycles. The zero-order valence-corrected chi connectivity index (χ0v) is 14.3. The smallest absolute Gasteiger partial charge is 0.214 e. The van der Waals surface area contributed by atoms with Crippen LogP contribution in [0, 0.1) is 0 Å². The van der Waals surface area contributed by atoms with Crippen molar-refractivity contribution < 1.29 is 8.42 Å². The predicted octanol–water partition coefficient (Wildman–Crippen LogP) is 0.979. The fourth-order valence-electron chi connectivity index (χ4n) is 2.94. The average molecular weight is 338 g/mol. The van der Waals surface area contributed by atoms with E-state index in [4.69, 9.17) is 0 Å². The largest absolute Gasteiger partial charge is 0.367 e. The summed E-state index contributed by atoms with van der Waals surface area (Å²) >= 11 is 0. The van der Waals surface area contributed by atoms with E-state index in [0.29, 0.717) is 19.5 Å². The molecule has 0 radical (unpaired) electrons. The second-order valence-electron chi connectivity index (χ2n) is 5.86. The van der Waals surface area contributed by atoms with Gasteiger partial charge in [-0.2, -0.15) is 5.10 Å². The van der Waals surface area contributed by atoms with Gasteiger partial charge in [0.1, 0.15) is 12.1 Å². The number of fused-ring (bicyclic) bond motifs is 1. The fourth-order valence-corrected chi connectivity index (χ4v) is 4.48. The standard InChI is InChI=1S/C14H22N6O2S/c1-3-8-23(21,22)20-6-4-11(5-7-20)18-13-12-9-17-19(2)14(12)16-10-15-13/h9-11H,3-8H2,1-2H3,(H,15,16,18). The number of nitrogens with one attached hydrogen (secondary N) is 1. The molecule has 3 rings (SSSR count). The number of anilines is 1. The van der Waals surface area contributed by atoms with Crippen LogP contribution in [0.1, 0.15) is 26.2 Å². The average Bonchev–Trinajstić information content (AvgIpc) is 2.91. The highest BCUT2D eigenvalue weighted by Crippen LogP contribution is 2.22. The van der Waals surface area contributed by atoms with E-state index in [1.54, 1.807) is 15.2 Å². The Bertz CT molecular complexity index is 780. The second kappa shape index (κ2) is 6.40. The van der Waals surface area contributed by atoms with Gasteiger partial charge in [0.15, 0.2) is 5.65 Å². The van der Waals surface area contributed by atoms with Crippen LogP contribution in [0.15, 0.2) is 12.5 Å². The quantitative estimate of drug-likeness (QED) is 0.873. The van der Waals surface area contributed by atoms with Crippen molar-refractivity contribution in [1.82, 2.24) is 24.1 Å². The van der Waals surface area contributed by atoms with Crippen LogP contribution in [-0.4, -0.2) is 57.4 Å². The van der Waals surface area contributed by atoms with E-state index in [-0.39, 0.29) is 11.8 Å². The summed E-state index contributed by atoms with van der Waals surface area (Å²) in [6.45, 7) is 3.00. The monoisotopic (exact) mass is 338 g/mol. The maximum absolute atomic E-state index is 12.1. The van der Waals surface area contributed by atoms with Crippen molar-refractivity contribution in [3.63, 3.8) is 0 Å². The Morgan fingerprint density at radius 2 is 2.04 bits per heavy atom. The zero-order chi connectivity index (χ0) is 16.4. The van der Waals surface area contributed by atoms with Crippen LogP contribution in [0.3, 0.4) is 0 Å². The molecule has 1 fully saturated rings. The summed E-state index contributed by atoms with van der Waals surface area (Å²) in [5.74, 6) is 0.991. The van der Waals surface area contributed by atoms with Crippen molar-refractivity contribution in [2.45, 2.75) is 32.2 Å².